The van der Waals surface area contributed by atoms with Gasteiger partial charge in [-0.1, -0.05) is 29.3 Å². The van der Waals surface area contributed by atoms with Crippen LogP contribution in [0.25, 0.3) is 0 Å². The maximum Gasteiger partial charge on any atom is 0.327 e. The van der Waals surface area contributed by atoms with E-state index in [1.54, 1.807) is 25.2 Å². The molecule has 0 bridgehead atoms. The molecule has 0 saturated carbocycles. The highest BCUT2D eigenvalue weighted by molar-refractivity contribution is 6.40. The van der Waals surface area contributed by atoms with E-state index in [0.29, 0.717) is 22.4 Å². The molecule has 9 nitrogen and oxygen atoms in total. The minimum Gasteiger partial charge on any atom is -0.495 e. The van der Waals surface area contributed by atoms with Gasteiger partial charge in [0.05, 0.1) is 17.8 Å². The minimum atomic E-state index is -0.469. The molecule has 3 aromatic rings. The summed E-state index contributed by atoms with van der Waals surface area (Å²) in [6, 6.07) is 12.6. The van der Waals surface area contributed by atoms with Crippen LogP contribution < -0.4 is 25.2 Å². The number of likely N-dealkylation sites (N-methyl/N-ethyl adjacent to an activating group) is 1. The summed E-state index contributed by atoms with van der Waals surface area (Å²) in [5.41, 5.74) is 2.31. The minimum absolute atomic E-state index is 0.215. The number of carbonyl (C=O) groups is 1. The van der Waals surface area contributed by atoms with Crippen molar-refractivity contribution >= 4 is 57.9 Å². The zero-order valence-electron chi connectivity index (χ0n) is 19.8. The lowest BCUT2D eigenvalue weighted by molar-refractivity contribution is 0.258. The highest BCUT2D eigenvalue weighted by Crippen LogP contribution is 2.37. The molecule has 1 aromatic heterocycles. The zero-order chi connectivity index (χ0) is 24.9. The molecule has 1 fully saturated rings. The predicted octanol–water partition coefficient (Wildman–Crippen LogP) is 4.96. The monoisotopic (exact) mass is 515 g/mol. The Morgan fingerprint density at radius 3 is 2.60 bits per heavy atom. The summed E-state index contributed by atoms with van der Waals surface area (Å²) >= 11 is 12.5. The predicted molar refractivity (Wildman–Crippen MR) is 142 cm³/mol. The topological polar surface area (TPSA) is 85.9 Å². The number of hydrogen-bond acceptors (Lipinski definition) is 7. The standard InChI is InChI=1S/C24H27Cl2N7O2/c1-31-9-11-33(12-10-31)17-6-4-5-16(13-17)29-20-14-21(28-15-27-20)32(2)24(34)30-23-18(25)7-8-19(35-3)22(23)26/h4-8,13-15H,9-12H2,1-3H3,(H,30,34)(H,27,28,29). The number of halogens is 2. The van der Waals surface area contributed by atoms with Gasteiger partial charge in [0.2, 0.25) is 0 Å². The Morgan fingerprint density at radius 2 is 1.86 bits per heavy atom. The molecule has 2 heterocycles. The number of methoxy groups -OCH3 is 1. The van der Waals surface area contributed by atoms with Gasteiger partial charge in [-0.3, -0.25) is 4.90 Å². The van der Waals surface area contributed by atoms with Crippen molar-refractivity contribution in [3.63, 3.8) is 0 Å². The number of hydrogen-bond donors (Lipinski definition) is 2. The molecule has 0 unspecified atom stereocenters. The highest BCUT2D eigenvalue weighted by atomic mass is 35.5. The van der Waals surface area contributed by atoms with Gasteiger partial charge in [0.15, 0.2) is 0 Å². The highest BCUT2D eigenvalue weighted by Gasteiger charge is 2.19. The summed E-state index contributed by atoms with van der Waals surface area (Å²) in [7, 11) is 5.22. The molecule has 0 aliphatic carbocycles. The lowest BCUT2D eigenvalue weighted by Gasteiger charge is -2.34. The third-order valence-electron chi connectivity index (χ3n) is 5.80. The van der Waals surface area contributed by atoms with Gasteiger partial charge in [0.1, 0.15) is 28.7 Å². The largest absolute Gasteiger partial charge is 0.495 e. The summed E-state index contributed by atoms with van der Waals surface area (Å²) in [5, 5.41) is 6.53. The average molecular weight is 516 g/mol. The van der Waals surface area contributed by atoms with Crippen LogP contribution >= 0.6 is 23.2 Å². The fraction of sp³-hybridized carbons (Fsp3) is 0.292. The Bertz CT molecular complexity index is 1200. The number of piperazine rings is 1. The fourth-order valence-electron chi connectivity index (χ4n) is 3.69. The molecule has 184 valence electrons. The van der Waals surface area contributed by atoms with Crippen molar-refractivity contribution in [2.45, 2.75) is 0 Å². The van der Waals surface area contributed by atoms with Crippen LogP contribution in [-0.2, 0) is 0 Å². The third kappa shape index (κ3) is 5.87. The third-order valence-corrected chi connectivity index (χ3v) is 6.49. The summed E-state index contributed by atoms with van der Waals surface area (Å²) < 4.78 is 5.20. The van der Waals surface area contributed by atoms with Crippen LogP contribution in [0.1, 0.15) is 0 Å². The van der Waals surface area contributed by atoms with Gasteiger partial charge in [-0.15, -0.1) is 0 Å². The smallest absolute Gasteiger partial charge is 0.327 e. The fourth-order valence-corrected chi connectivity index (χ4v) is 4.23. The summed E-state index contributed by atoms with van der Waals surface area (Å²) in [6.45, 7) is 4.04. The number of nitrogens with one attached hydrogen (secondary N) is 2. The molecule has 1 aliphatic heterocycles. The Hall–Kier alpha value is -3.27. The van der Waals surface area contributed by atoms with Crippen LogP contribution in [0.2, 0.25) is 10.0 Å². The SMILES string of the molecule is COc1ccc(Cl)c(NC(=O)N(C)c2cc(Nc3cccc(N4CCN(C)CC4)c3)ncn2)c1Cl. The van der Waals surface area contributed by atoms with E-state index in [2.05, 4.69) is 49.6 Å². The number of ether oxygens (including phenoxy) is 1. The quantitative estimate of drug-likeness (QED) is 0.479. The van der Waals surface area contributed by atoms with Crippen LogP contribution in [0.3, 0.4) is 0 Å². The first-order valence-corrected chi connectivity index (χ1v) is 11.8. The second-order valence-electron chi connectivity index (χ2n) is 8.15. The van der Waals surface area contributed by atoms with Gasteiger partial charge in [0.25, 0.3) is 0 Å². The van der Waals surface area contributed by atoms with Crippen molar-refractivity contribution in [1.29, 1.82) is 0 Å². The van der Waals surface area contributed by atoms with Gasteiger partial charge < -0.3 is 25.2 Å². The number of amides is 2. The van der Waals surface area contributed by atoms with Crippen molar-refractivity contribution in [3.8, 4) is 5.75 Å². The van der Waals surface area contributed by atoms with E-state index >= 15 is 0 Å². The molecule has 1 aliphatic rings. The molecule has 1 saturated heterocycles. The van der Waals surface area contributed by atoms with E-state index in [9.17, 15) is 4.79 Å². The molecule has 0 spiro atoms. The van der Waals surface area contributed by atoms with E-state index in [0.717, 1.165) is 37.6 Å². The Morgan fingerprint density at radius 1 is 1.09 bits per heavy atom. The second-order valence-corrected chi connectivity index (χ2v) is 8.94. The average Bonchev–Trinajstić information content (AvgIpc) is 2.87. The van der Waals surface area contributed by atoms with Gasteiger partial charge in [0, 0.05) is 50.7 Å². The molecular weight excluding hydrogens is 489 g/mol. The first-order chi connectivity index (χ1) is 16.9. The van der Waals surface area contributed by atoms with Crippen molar-refractivity contribution in [3.05, 3.63) is 58.8 Å². The van der Waals surface area contributed by atoms with E-state index in [1.165, 1.54) is 18.3 Å². The summed E-state index contributed by atoms with van der Waals surface area (Å²) in [6.07, 6.45) is 1.40. The lowest BCUT2D eigenvalue weighted by Crippen LogP contribution is -2.44. The number of benzene rings is 2. The normalized spacial score (nSPS) is 13.9. The van der Waals surface area contributed by atoms with Gasteiger partial charge in [-0.2, -0.15) is 0 Å². The first kappa shape index (κ1) is 24.8. The Labute approximate surface area is 214 Å². The molecular formula is C24H27Cl2N7O2. The van der Waals surface area contributed by atoms with Crippen molar-refractivity contribution in [1.82, 2.24) is 14.9 Å². The van der Waals surface area contributed by atoms with Gasteiger partial charge in [-0.25, -0.2) is 14.8 Å². The molecule has 2 aromatic carbocycles. The number of carbonyl (C=O) groups excluding carboxylic acids is 1. The van der Waals surface area contributed by atoms with Gasteiger partial charge >= 0.3 is 6.03 Å². The van der Waals surface area contributed by atoms with Crippen LogP contribution in [0.4, 0.5) is 33.5 Å². The lowest BCUT2D eigenvalue weighted by atomic mass is 10.2. The van der Waals surface area contributed by atoms with E-state index in [1.807, 2.05) is 12.1 Å². The van der Waals surface area contributed by atoms with Crippen LogP contribution in [0.5, 0.6) is 5.75 Å². The number of anilines is 5. The van der Waals surface area contributed by atoms with Gasteiger partial charge in [-0.05, 0) is 37.4 Å². The molecule has 0 radical (unpaired) electrons. The first-order valence-electron chi connectivity index (χ1n) is 11.0. The summed E-state index contributed by atoms with van der Waals surface area (Å²) in [5.74, 6) is 1.36. The summed E-state index contributed by atoms with van der Waals surface area (Å²) in [4.78, 5) is 27.5. The van der Waals surface area contributed by atoms with Crippen molar-refractivity contribution in [2.75, 3.05) is 67.8 Å². The van der Waals surface area contributed by atoms with E-state index in [4.69, 9.17) is 27.9 Å². The zero-order valence-corrected chi connectivity index (χ0v) is 21.3. The van der Waals surface area contributed by atoms with Crippen LogP contribution in [-0.4, -0.2) is 68.3 Å². The van der Waals surface area contributed by atoms with Crippen LogP contribution in [0, 0.1) is 0 Å². The maximum atomic E-state index is 12.9. The van der Waals surface area contributed by atoms with Crippen molar-refractivity contribution < 1.29 is 9.53 Å². The number of rotatable bonds is 6. The number of nitrogens with zero attached hydrogens (tertiary/aromatic N) is 5. The maximum absolute atomic E-state index is 12.9. The molecule has 2 amide bonds. The molecule has 2 N–H and O–H groups in total. The van der Waals surface area contributed by atoms with E-state index in [-0.39, 0.29) is 10.7 Å². The molecule has 35 heavy (non-hydrogen) atoms. The van der Waals surface area contributed by atoms with Crippen LogP contribution in [0.15, 0.2) is 48.8 Å². The van der Waals surface area contributed by atoms with E-state index < -0.39 is 6.03 Å². The Kier molecular flexibility index (Phi) is 7.80. The molecule has 0 atom stereocenters. The Balaban J connectivity index is 1.47. The van der Waals surface area contributed by atoms with Crippen molar-refractivity contribution in [2.24, 2.45) is 0 Å². The second kappa shape index (κ2) is 11.0. The number of urea groups is 1. The number of aromatic nitrogens is 2. The molecule has 11 heteroatoms. The molecule has 4 rings (SSSR count).